The van der Waals surface area contributed by atoms with E-state index in [2.05, 4.69) is 5.32 Å². The molecular weight excluding hydrogens is 328 g/mol. The topological polar surface area (TPSA) is 58.6 Å². The molecule has 0 spiro atoms. The second-order valence-corrected chi connectivity index (χ2v) is 6.58. The lowest BCUT2D eigenvalue weighted by Crippen LogP contribution is -2.28. The third-order valence-electron chi connectivity index (χ3n) is 4.52. The molecule has 1 saturated heterocycles. The van der Waals surface area contributed by atoms with Crippen molar-refractivity contribution in [2.45, 2.75) is 26.8 Å². The Morgan fingerprint density at radius 1 is 1.19 bits per heavy atom. The maximum absolute atomic E-state index is 12.6. The van der Waals surface area contributed by atoms with Gasteiger partial charge in [-0.05, 0) is 31.5 Å². The number of ether oxygens (including phenoxy) is 1. The lowest BCUT2D eigenvalue weighted by Gasteiger charge is -2.17. The van der Waals surface area contributed by atoms with Gasteiger partial charge in [0.05, 0.1) is 18.2 Å². The molecule has 3 rings (SSSR count). The number of likely N-dealkylation sites (tertiary alicyclic amines) is 1. The van der Waals surface area contributed by atoms with Crippen molar-refractivity contribution in [3.05, 3.63) is 59.7 Å². The van der Waals surface area contributed by atoms with E-state index in [4.69, 9.17) is 4.74 Å². The molecule has 2 aromatic carbocycles. The molecular formula is C21H24N2O3. The van der Waals surface area contributed by atoms with Gasteiger partial charge >= 0.3 is 0 Å². The fourth-order valence-electron chi connectivity index (χ4n) is 3.10. The second-order valence-electron chi connectivity index (χ2n) is 6.58. The van der Waals surface area contributed by atoms with Gasteiger partial charge in [-0.3, -0.25) is 9.59 Å². The summed E-state index contributed by atoms with van der Waals surface area (Å²) in [4.78, 5) is 26.7. The van der Waals surface area contributed by atoms with Crippen LogP contribution < -0.4 is 10.1 Å². The van der Waals surface area contributed by atoms with Gasteiger partial charge < -0.3 is 15.0 Å². The molecule has 1 N–H and O–H groups in total. The van der Waals surface area contributed by atoms with E-state index in [1.54, 1.807) is 4.90 Å². The van der Waals surface area contributed by atoms with E-state index in [1.165, 1.54) is 5.56 Å². The first kappa shape index (κ1) is 18.0. The van der Waals surface area contributed by atoms with E-state index in [0.717, 1.165) is 5.56 Å². The number of rotatable bonds is 6. The van der Waals surface area contributed by atoms with Crippen LogP contribution >= 0.6 is 0 Å². The van der Waals surface area contributed by atoms with Crippen LogP contribution in [0.25, 0.3) is 0 Å². The fourth-order valence-corrected chi connectivity index (χ4v) is 3.10. The zero-order valence-corrected chi connectivity index (χ0v) is 15.2. The van der Waals surface area contributed by atoms with Crippen LogP contribution in [0.1, 0.15) is 24.5 Å². The Balaban J connectivity index is 1.63. The summed E-state index contributed by atoms with van der Waals surface area (Å²) in [5, 5.41) is 2.91. The van der Waals surface area contributed by atoms with Gasteiger partial charge in [0.25, 0.3) is 0 Å². The lowest BCUT2D eigenvalue weighted by molar-refractivity contribution is -0.128. The molecule has 0 unspecified atom stereocenters. The molecule has 1 heterocycles. The second kappa shape index (κ2) is 8.04. The SMILES string of the molecule is CCOc1ccccc1NC(=O)[C@H]1CC(=O)N(Cc2ccc(C)cc2)C1. The van der Waals surface area contributed by atoms with Crippen LogP contribution in [0.5, 0.6) is 5.75 Å². The Morgan fingerprint density at radius 2 is 1.92 bits per heavy atom. The maximum Gasteiger partial charge on any atom is 0.229 e. The lowest BCUT2D eigenvalue weighted by atomic mass is 10.1. The summed E-state index contributed by atoms with van der Waals surface area (Å²) in [6.07, 6.45) is 0.245. The fraction of sp³-hybridized carbons (Fsp3) is 0.333. The number of hydrogen-bond donors (Lipinski definition) is 1. The van der Waals surface area contributed by atoms with Gasteiger partial charge in [0, 0.05) is 19.5 Å². The van der Waals surface area contributed by atoms with Gasteiger partial charge in [-0.25, -0.2) is 0 Å². The molecule has 1 aliphatic rings. The predicted octanol–water partition coefficient (Wildman–Crippen LogP) is 3.38. The number of carbonyl (C=O) groups excluding carboxylic acids is 2. The zero-order chi connectivity index (χ0) is 18.5. The quantitative estimate of drug-likeness (QED) is 0.867. The maximum atomic E-state index is 12.6. The van der Waals surface area contributed by atoms with Gasteiger partial charge in [-0.2, -0.15) is 0 Å². The monoisotopic (exact) mass is 352 g/mol. The Kier molecular flexibility index (Phi) is 5.56. The van der Waals surface area contributed by atoms with Gasteiger partial charge in [0.2, 0.25) is 11.8 Å². The van der Waals surface area contributed by atoms with Crippen molar-refractivity contribution in [3.63, 3.8) is 0 Å². The van der Waals surface area contributed by atoms with Crippen molar-refractivity contribution in [2.24, 2.45) is 5.92 Å². The van der Waals surface area contributed by atoms with Crippen molar-refractivity contribution in [2.75, 3.05) is 18.5 Å². The standard InChI is InChI=1S/C21H24N2O3/c1-3-26-19-7-5-4-6-18(19)22-21(25)17-12-20(24)23(14-17)13-16-10-8-15(2)9-11-16/h4-11,17H,3,12-14H2,1-2H3,(H,22,25)/t17-/m0/s1. The Labute approximate surface area is 154 Å². The molecule has 26 heavy (non-hydrogen) atoms. The van der Waals surface area contributed by atoms with Crippen molar-refractivity contribution >= 4 is 17.5 Å². The van der Waals surface area contributed by atoms with Crippen LogP contribution in [-0.4, -0.2) is 29.9 Å². The number of amides is 2. The summed E-state index contributed by atoms with van der Waals surface area (Å²) in [5.41, 5.74) is 2.90. The van der Waals surface area contributed by atoms with Crippen molar-refractivity contribution in [1.29, 1.82) is 0 Å². The minimum atomic E-state index is -0.345. The first-order chi connectivity index (χ1) is 12.6. The summed E-state index contributed by atoms with van der Waals surface area (Å²) in [6, 6.07) is 15.5. The largest absolute Gasteiger partial charge is 0.492 e. The first-order valence-corrected chi connectivity index (χ1v) is 8.93. The molecule has 1 atom stereocenters. The molecule has 5 nitrogen and oxygen atoms in total. The van der Waals surface area contributed by atoms with E-state index in [9.17, 15) is 9.59 Å². The highest BCUT2D eigenvalue weighted by Crippen LogP contribution is 2.26. The smallest absolute Gasteiger partial charge is 0.229 e. The van der Waals surface area contributed by atoms with E-state index in [-0.39, 0.29) is 24.2 Å². The third-order valence-corrected chi connectivity index (χ3v) is 4.52. The highest BCUT2D eigenvalue weighted by Gasteiger charge is 2.34. The van der Waals surface area contributed by atoms with Crippen LogP contribution in [0.4, 0.5) is 5.69 Å². The number of para-hydroxylation sites is 2. The summed E-state index contributed by atoms with van der Waals surface area (Å²) in [6.45, 7) is 5.44. The number of nitrogens with one attached hydrogen (secondary N) is 1. The van der Waals surface area contributed by atoms with E-state index in [1.807, 2.05) is 62.4 Å². The van der Waals surface area contributed by atoms with Gasteiger partial charge in [-0.1, -0.05) is 42.0 Å². The van der Waals surface area contributed by atoms with Crippen molar-refractivity contribution in [3.8, 4) is 5.75 Å². The number of benzene rings is 2. The molecule has 136 valence electrons. The van der Waals surface area contributed by atoms with Gasteiger partial charge in [0.15, 0.2) is 0 Å². The van der Waals surface area contributed by atoms with Crippen LogP contribution in [0.3, 0.4) is 0 Å². The molecule has 1 aliphatic heterocycles. The first-order valence-electron chi connectivity index (χ1n) is 8.93. The van der Waals surface area contributed by atoms with E-state index < -0.39 is 0 Å². The summed E-state index contributed by atoms with van der Waals surface area (Å²) in [7, 11) is 0. The number of nitrogens with zero attached hydrogens (tertiary/aromatic N) is 1. The zero-order valence-electron chi connectivity index (χ0n) is 15.2. The van der Waals surface area contributed by atoms with Crippen LogP contribution in [0.2, 0.25) is 0 Å². The van der Waals surface area contributed by atoms with E-state index >= 15 is 0 Å². The number of carbonyl (C=O) groups is 2. The molecule has 0 saturated carbocycles. The number of aryl methyl sites for hydroxylation is 1. The van der Waals surface area contributed by atoms with Crippen molar-refractivity contribution < 1.29 is 14.3 Å². The predicted molar refractivity (Wildman–Crippen MR) is 101 cm³/mol. The average Bonchev–Trinajstić information content (AvgIpc) is 3.00. The Morgan fingerprint density at radius 3 is 2.65 bits per heavy atom. The summed E-state index contributed by atoms with van der Waals surface area (Å²) in [5.74, 6) is 0.174. The number of hydrogen-bond acceptors (Lipinski definition) is 3. The van der Waals surface area contributed by atoms with Crippen LogP contribution in [-0.2, 0) is 16.1 Å². The molecule has 2 aromatic rings. The molecule has 0 aliphatic carbocycles. The minimum absolute atomic E-state index is 0.0174. The Hall–Kier alpha value is -2.82. The molecule has 0 bridgehead atoms. The van der Waals surface area contributed by atoms with Gasteiger partial charge in [-0.15, -0.1) is 0 Å². The summed E-state index contributed by atoms with van der Waals surface area (Å²) >= 11 is 0. The van der Waals surface area contributed by atoms with Crippen LogP contribution in [0.15, 0.2) is 48.5 Å². The average molecular weight is 352 g/mol. The van der Waals surface area contributed by atoms with Crippen LogP contribution in [0, 0.1) is 12.8 Å². The molecule has 0 aromatic heterocycles. The third kappa shape index (κ3) is 4.23. The molecule has 0 radical (unpaired) electrons. The highest BCUT2D eigenvalue weighted by molar-refractivity contribution is 5.98. The molecule has 5 heteroatoms. The minimum Gasteiger partial charge on any atom is -0.492 e. The molecule has 2 amide bonds. The number of anilines is 1. The highest BCUT2D eigenvalue weighted by atomic mass is 16.5. The molecule has 1 fully saturated rings. The van der Waals surface area contributed by atoms with E-state index in [0.29, 0.717) is 31.1 Å². The normalized spacial score (nSPS) is 16.6. The van der Waals surface area contributed by atoms with Gasteiger partial charge in [0.1, 0.15) is 5.75 Å². The summed E-state index contributed by atoms with van der Waals surface area (Å²) < 4.78 is 5.54. The Bertz CT molecular complexity index is 786. The van der Waals surface area contributed by atoms with Crippen molar-refractivity contribution in [1.82, 2.24) is 4.90 Å².